The minimum Gasteiger partial charge on any atom is -0.394 e. The molecule has 3 saturated carbocycles. The molecule has 5 aliphatic heterocycles. The lowest BCUT2D eigenvalue weighted by Gasteiger charge is -2.59. The number of aliphatic hydroxyl groups is 10. The second kappa shape index (κ2) is 17.3. The number of hydrogen-bond acceptors (Lipinski definition) is 18. The molecule has 5 heterocycles. The van der Waals surface area contributed by atoms with E-state index in [9.17, 15) is 51.1 Å². The zero-order chi connectivity index (χ0) is 44.2. The molecule has 3 unspecified atom stereocenters. The highest BCUT2D eigenvalue weighted by atomic mass is 16.8. The van der Waals surface area contributed by atoms with Crippen LogP contribution in [0.5, 0.6) is 0 Å². The van der Waals surface area contributed by atoms with Gasteiger partial charge < -0.3 is 89.0 Å². The number of hydrogen-bond donors (Lipinski definition) is 10. The monoisotopic (exact) mass is 886 g/mol. The number of ether oxygens (including phenoxy) is 8. The fourth-order valence-corrected chi connectivity index (χ4v) is 13.9. The molecule has 18 heteroatoms. The highest BCUT2D eigenvalue weighted by Gasteiger charge is 2.69. The van der Waals surface area contributed by atoms with Crippen LogP contribution in [-0.4, -0.2) is 181 Å². The van der Waals surface area contributed by atoms with Crippen LogP contribution in [0.1, 0.15) is 85.5 Å². The SMILES string of the molecule is C[C@@H]1CCC2(OC1)OC1C[C@H]3[C@@H]4CC=C5C[C@@H](O[C@@H]6O[C@H](CO)[C@@H](O[C@@H]7[C@@H](O)[C@H](O)[C@@H](CO)O[C@H]7O)[C@H](O)[C@H]6O[C@@H]6O[C@@H](O)[C@H](O)[C@@H](O)[C@H]6O)CC[C@]5(C)[C@H]4CC[C@]3(C)C1[C@@H]2C. The van der Waals surface area contributed by atoms with Gasteiger partial charge >= 0.3 is 0 Å². The highest BCUT2D eigenvalue weighted by molar-refractivity contribution is 5.26. The minimum absolute atomic E-state index is 0.0655. The topological polar surface area (TPSA) is 276 Å². The number of fused-ring (bicyclic) bond motifs is 7. The third-order valence-electron chi connectivity index (χ3n) is 17.4. The van der Waals surface area contributed by atoms with E-state index >= 15 is 0 Å². The molecule has 354 valence electrons. The molecule has 10 N–H and O–H groups in total. The molecular formula is C44H70O18. The molecule has 9 rings (SSSR count). The summed E-state index contributed by atoms with van der Waals surface area (Å²) in [5.74, 6) is 2.45. The zero-order valence-corrected chi connectivity index (χ0v) is 36.1. The van der Waals surface area contributed by atoms with Crippen molar-refractivity contribution in [2.75, 3.05) is 19.8 Å². The Morgan fingerprint density at radius 2 is 1.44 bits per heavy atom. The number of allylic oxidation sites excluding steroid dienone is 1. The van der Waals surface area contributed by atoms with E-state index in [1.54, 1.807) is 0 Å². The van der Waals surface area contributed by atoms with Crippen molar-refractivity contribution in [3.8, 4) is 0 Å². The van der Waals surface area contributed by atoms with Crippen LogP contribution in [0.15, 0.2) is 11.6 Å². The van der Waals surface area contributed by atoms with Gasteiger partial charge in [-0.15, -0.1) is 0 Å². The molecule has 8 fully saturated rings. The molecule has 0 radical (unpaired) electrons. The van der Waals surface area contributed by atoms with E-state index < -0.39 is 117 Å². The first-order valence-corrected chi connectivity index (χ1v) is 23.0. The van der Waals surface area contributed by atoms with Gasteiger partial charge in [-0.2, -0.15) is 0 Å². The molecule has 0 aromatic carbocycles. The van der Waals surface area contributed by atoms with Crippen molar-refractivity contribution in [2.45, 2.75) is 196 Å². The Labute approximate surface area is 362 Å². The van der Waals surface area contributed by atoms with Gasteiger partial charge in [-0.3, -0.25) is 0 Å². The summed E-state index contributed by atoms with van der Waals surface area (Å²) in [6.45, 7) is 8.82. The van der Waals surface area contributed by atoms with Crippen molar-refractivity contribution in [1.82, 2.24) is 0 Å². The van der Waals surface area contributed by atoms with E-state index in [1.165, 1.54) is 5.57 Å². The average molecular weight is 887 g/mol. The first kappa shape index (κ1) is 46.1. The average Bonchev–Trinajstić information content (AvgIpc) is 3.70. The van der Waals surface area contributed by atoms with Crippen LogP contribution in [0.4, 0.5) is 0 Å². The van der Waals surface area contributed by atoms with Crippen LogP contribution in [0, 0.1) is 46.3 Å². The highest BCUT2D eigenvalue weighted by Crippen LogP contribution is 2.70. The molecule has 62 heavy (non-hydrogen) atoms. The zero-order valence-electron chi connectivity index (χ0n) is 36.1. The summed E-state index contributed by atoms with van der Waals surface area (Å²) in [5, 5.41) is 106. The summed E-state index contributed by atoms with van der Waals surface area (Å²) in [7, 11) is 0. The predicted molar refractivity (Wildman–Crippen MR) is 211 cm³/mol. The molecule has 0 aromatic rings. The van der Waals surface area contributed by atoms with Crippen molar-refractivity contribution >= 4 is 0 Å². The molecule has 26 atom stereocenters. The molecular weight excluding hydrogens is 816 g/mol. The normalized spacial score (nSPS) is 57.6. The molecule has 4 aliphatic carbocycles. The quantitative estimate of drug-likeness (QED) is 0.133. The standard InChI is InChI=1S/C44H70O18/c1-18-7-12-44(55-17-18)19(2)28-25(62-44)14-24-22-6-5-20-13-21(8-10-42(20,3)23(22)9-11-43(24,28)4)56-41-37(60-40-33(51)30(48)32(50)38(53)61-40)34(52)35(27(16-46)58-41)59-36-31(49)29(47)26(15-45)57-39(36)54/h5,18-19,21-41,45-54H,6-17H2,1-4H3/t18-,19+,21+,22-,23+,24+,25?,26-,27-,28?,29-,30-,31+,32-,33-,34+,35-,36-,37-,38-,39-,40-,41-,42+,43+,44?/m1/s1. The summed E-state index contributed by atoms with van der Waals surface area (Å²) in [6.07, 6.45) is -15.1. The van der Waals surface area contributed by atoms with Crippen molar-refractivity contribution in [3.63, 3.8) is 0 Å². The maximum atomic E-state index is 11.9. The summed E-state index contributed by atoms with van der Waals surface area (Å²) in [6, 6.07) is 0. The van der Waals surface area contributed by atoms with Gasteiger partial charge in [0.05, 0.1) is 32.0 Å². The van der Waals surface area contributed by atoms with Gasteiger partial charge in [-0.05, 0) is 91.8 Å². The summed E-state index contributed by atoms with van der Waals surface area (Å²) < 4.78 is 48.8. The Bertz CT molecular complexity index is 1610. The Morgan fingerprint density at radius 1 is 0.677 bits per heavy atom. The third kappa shape index (κ3) is 7.48. The Hall–Kier alpha value is -0.980. The fourth-order valence-electron chi connectivity index (χ4n) is 13.9. The molecule has 0 bridgehead atoms. The van der Waals surface area contributed by atoms with Gasteiger partial charge in [-0.1, -0.05) is 39.3 Å². The maximum absolute atomic E-state index is 11.9. The second-order valence-electron chi connectivity index (χ2n) is 20.8. The van der Waals surface area contributed by atoms with Crippen molar-refractivity contribution in [2.24, 2.45) is 46.3 Å². The fraction of sp³-hybridized carbons (Fsp3) is 0.955. The number of aliphatic hydroxyl groups excluding tert-OH is 10. The lowest BCUT2D eigenvalue weighted by molar-refractivity contribution is -0.396. The predicted octanol–water partition coefficient (Wildman–Crippen LogP) is -0.856. The second-order valence-corrected chi connectivity index (χ2v) is 20.8. The van der Waals surface area contributed by atoms with E-state index in [0.29, 0.717) is 48.3 Å². The first-order chi connectivity index (χ1) is 29.4. The van der Waals surface area contributed by atoms with Crippen molar-refractivity contribution in [3.05, 3.63) is 11.6 Å². The van der Waals surface area contributed by atoms with Crippen molar-refractivity contribution < 1.29 is 89.0 Å². The van der Waals surface area contributed by atoms with Crippen LogP contribution in [-0.2, 0) is 37.9 Å². The molecule has 1 spiro atoms. The third-order valence-corrected chi connectivity index (χ3v) is 17.4. The lowest BCUT2D eigenvalue weighted by atomic mass is 9.47. The Morgan fingerprint density at radius 3 is 2.15 bits per heavy atom. The van der Waals surface area contributed by atoms with E-state index in [-0.39, 0.29) is 16.9 Å². The summed E-state index contributed by atoms with van der Waals surface area (Å²) in [4.78, 5) is 0. The Kier molecular flexibility index (Phi) is 12.9. The smallest absolute Gasteiger partial charge is 0.189 e. The van der Waals surface area contributed by atoms with E-state index in [0.717, 1.165) is 51.6 Å². The van der Waals surface area contributed by atoms with Crippen LogP contribution in [0.3, 0.4) is 0 Å². The van der Waals surface area contributed by atoms with Gasteiger partial charge in [0.15, 0.2) is 30.9 Å². The van der Waals surface area contributed by atoms with Gasteiger partial charge in [0.2, 0.25) is 0 Å². The van der Waals surface area contributed by atoms with E-state index in [4.69, 9.17) is 37.9 Å². The lowest BCUT2D eigenvalue weighted by Crippen LogP contribution is -2.67. The maximum Gasteiger partial charge on any atom is 0.189 e. The van der Waals surface area contributed by atoms with Crippen LogP contribution in [0.25, 0.3) is 0 Å². The van der Waals surface area contributed by atoms with Gasteiger partial charge in [0.25, 0.3) is 0 Å². The molecule has 0 amide bonds. The largest absolute Gasteiger partial charge is 0.394 e. The van der Waals surface area contributed by atoms with E-state index in [1.807, 2.05) is 0 Å². The van der Waals surface area contributed by atoms with Crippen molar-refractivity contribution in [1.29, 1.82) is 0 Å². The van der Waals surface area contributed by atoms with Crippen LogP contribution >= 0.6 is 0 Å². The number of rotatable bonds is 8. The summed E-state index contributed by atoms with van der Waals surface area (Å²) >= 11 is 0. The van der Waals surface area contributed by atoms with Gasteiger partial charge in [0, 0.05) is 12.3 Å². The minimum atomic E-state index is -1.97. The summed E-state index contributed by atoms with van der Waals surface area (Å²) in [5.41, 5.74) is 1.40. The van der Waals surface area contributed by atoms with E-state index in [2.05, 4.69) is 33.8 Å². The molecule has 0 aromatic heterocycles. The molecule has 18 nitrogen and oxygen atoms in total. The van der Waals surface area contributed by atoms with Crippen LogP contribution in [0.2, 0.25) is 0 Å². The van der Waals surface area contributed by atoms with Gasteiger partial charge in [-0.25, -0.2) is 0 Å². The Balaban J connectivity index is 0.918. The first-order valence-electron chi connectivity index (χ1n) is 23.0. The molecule has 9 aliphatic rings. The molecule has 5 saturated heterocycles. The van der Waals surface area contributed by atoms with Crippen LogP contribution < -0.4 is 0 Å². The van der Waals surface area contributed by atoms with Gasteiger partial charge in [0.1, 0.15) is 67.1 Å².